The molecule has 2 rings (SSSR count). The molecule has 24 heavy (non-hydrogen) atoms. The van der Waals surface area contributed by atoms with E-state index in [1.165, 1.54) is 7.11 Å². The fourth-order valence-electron chi connectivity index (χ4n) is 2.44. The second-order valence-corrected chi connectivity index (χ2v) is 7.35. The Bertz CT molecular complexity index is 685. The minimum Gasteiger partial charge on any atom is -0.381 e. The maximum atomic E-state index is 13.3. The highest BCUT2D eigenvalue weighted by atomic mass is 32.2. The quantitative estimate of drug-likeness (QED) is 0.807. The smallest absolute Gasteiger partial charge is 0.381 e. The van der Waals surface area contributed by atoms with E-state index in [-0.39, 0.29) is 12.2 Å². The Morgan fingerprint density at radius 3 is 2.46 bits per heavy atom. The van der Waals surface area contributed by atoms with E-state index in [2.05, 4.69) is 5.32 Å². The number of ether oxygens (including phenoxy) is 2. The molecular formula is C14H17F4NO4S. The second-order valence-electron chi connectivity index (χ2n) is 5.44. The molecule has 1 aromatic rings. The first-order chi connectivity index (χ1) is 11.1. The van der Waals surface area contributed by atoms with Crippen LogP contribution < -0.4 is 5.32 Å². The highest BCUT2D eigenvalue weighted by molar-refractivity contribution is 7.92. The van der Waals surface area contributed by atoms with Crippen LogP contribution in [0.4, 0.5) is 23.2 Å². The average Bonchev–Trinajstić information content (AvgIpc) is 2.53. The van der Waals surface area contributed by atoms with Crippen molar-refractivity contribution < 1.29 is 35.5 Å². The first-order valence-electron chi connectivity index (χ1n) is 7.09. The number of hydrogen-bond donors (Lipinski definition) is 1. The van der Waals surface area contributed by atoms with Crippen LogP contribution in [-0.4, -0.2) is 46.4 Å². The summed E-state index contributed by atoms with van der Waals surface area (Å²) < 4.78 is 85.6. The largest absolute Gasteiger partial charge is 0.501 e. The highest BCUT2D eigenvalue weighted by Gasteiger charge is 2.48. The molecule has 1 saturated heterocycles. The summed E-state index contributed by atoms with van der Waals surface area (Å²) in [5, 5.41) is 2.65. The average molecular weight is 371 g/mol. The molecule has 1 aliphatic rings. The number of alkyl halides is 3. The van der Waals surface area contributed by atoms with Crippen molar-refractivity contribution in [3.05, 3.63) is 24.0 Å². The van der Waals surface area contributed by atoms with E-state index < -0.39 is 31.7 Å². The van der Waals surface area contributed by atoms with E-state index in [1.54, 1.807) is 0 Å². The van der Waals surface area contributed by atoms with Crippen LogP contribution in [0.15, 0.2) is 23.1 Å². The highest BCUT2D eigenvalue weighted by Crippen LogP contribution is 2.35. The summed E-state index contributed by atoms with van der Waals surface area (Å²) in [4.78, 5) is -1.15. The molecule has 0 aromatic heterocycles. The fraction of sp³-hybridized carbons (Fsp3) is 0.571. The van der Waals surface area contributed by atoms with Crippen molar-refractivity contribution >= 4 is 15.5 Å². The molecule has 1 aromatic carbocycles. The van der Waals surface area contributed by atoms with Gasteiger partial charge >= 0.3 is 5.51 Å². The van der Waals surface area contributed by atoms with Gasteiger partial charge in [0, 0.05) is 39.7 Å². The van der Waals surface area contributed by atoms with Crippen LogP contribution in [0.2, 0.25) is 0 Å². The molecule has 10 heteroatoms. The van der Waals surface area contributed by atoms with E-state index in [9.17, 15) is 26.0 Å². The zero-order chi connectivity index (χ0) is 18.0. The molecule has 1 heterocycles. The lowest BCUT2D eigenvalue weighted by Gasteiger charge is -2.36. The van der Waals surface area contributed by atoms with Crippen molar-refractivity contribution in [3.8, 4) is 0 Å². The Labute approximate surface area is 136 Å². The van der Waals surface area contributed by atoms with Crippen molar-refractivity contribution in [1.82, 2.24) is 0 Å². The summed E-state index contributed by atoms with van der Waals surface area (Å²) in [5.74, 6) is -1.07. The molecule has 136 valence electrons. The summed E-state index contributed by atoms with van der Waals surface area (Å²) in [7, 11) is -4.21. The molecule has 0 bridgehead atoms. The van der Waals surface area contributed by atoms with Gasteiger partial charge in [-0.2, -0.15) is 13.2 Å². The van der Waals surface area contributed by atoms with Crippen molar-refractivity contribution in [1.29, 1.82) is 0 Å². The number of nitrogens with one attached hydrogen (secondary N) is 1. The van der Waals surface area contributed by atoms with Gasteiger partial charge in [0.05, 0.1) is 11.3 Å². The standard InChI is InChI=1S/C14H17F4NO4S/c1-22-13(4-6-23-7-5-13)9-19-11-3-2-10(15)8-12(11)24(20,21)14(16,17)18/h2-3,8,19H,4-7,9H2,1H3. The zero-order valence-corrected chi connectivity index (χ0v) is 13.6. The Morgan fingerprint density at radius 2 is 1.92 bits per heavy atom. The molecule has 0 saturated carbocycles. The minimum absolute atomic E-state index is 0.0683. The number of hydrogen-bond acceptors (Lipinski definition) is 5. The van der Waals surface area contributed by atoms with Crippen LogP contribution in [0.3, 0.4) is 0 Å². The number of rotatable bonds is 5. The second kappa shape index (κ2) is 6.85. The molecule has 0 spiro atoms. The monoisotopic (exact) mass is 371 g/mol. The van der Waals surface area contributed by atoms with E-state index in [4.69, 9.17) is 9.47 Å². The molecule has 1 fully saturated rings. The molecule has 0 radical (unpaired) electrons. The molecule has 1 aliphatic heterocycles. The lowest BCUT2D eigenvalue weighted by molar-refractivity contribution is -0.0807. The van der Waals surface area contributed by atoms with Gasteiger partial charge in [0.15, 0.2) is 0 Å². The molecular weight excluding hydrogens is 354 g/mol. The van der Waals surface area contributed by atoms with Gasteiger partial charge in [-0.1, -0.05) is 0 Å². The van der Waals surface area contributed by atoms with Crippen molar-refractivity contribution in [2.75, 3.05) is 32.2 Å². The molecule has 0 unspecified atom stereocenters. The Hall–Kier alpha value is -1.39. The van der Waals surface area contributed by atoms with Gasteiger partial charge in [-0.05, 0) is 18.2 Å². The maximum Gasteiger partial charge on any atom is 0.501 e. The van der Waals surface area contributed by atoms with E-state index >= 15 is 0 Å². The fourth-order valence-corrected chi connectivity index (χ4v) is 3.39. The van der Waals surface area contributed by atoms with Crippen molar-refractivity contribution in [3.63, 3.8) is 0 Å². The number of sulfone groups is 1. The number of halogens is 4. The van der Waals surface area contributed by atoms with Gasteiger partial charge in [-0.25, -0.2) is 12.8 Å². The first-order valence-corrected chi connectivity index (χ1v) is 8.57. The van der Waals surface area contributed by atoms with Gasteiger partial charge in [-0.15, -0.1) is 0 Å². The first kappa shape index (κ1) is 18.9. The van der Waals surface area contributed by atoms with Gasteiger partial charge in [0.2, 0.25) is 0 Å². The lowest BCUT2D eigenvalue weighted by atomic mass is 9.94. The van der Waals surface area contributed by atoms with Crippen LogP contribution >= 0.6 is 0 Å². The summed E-state index contributed by atoms with van der Waals surface area (Å²) in [6.07, 6.45) is 0.998. The van der Waals surface area contributed by atoms with E-state index in [0.717, 1.165) is 12.1 Å². The van der Waals surface area contributed by atoms with Crippen molar-refractivity contribution in [2.24, 2.45) is 0 Å². The van der Waals surface area contributed by atoms with Gasteiger partial charge in [0.25, 0.3) is 9.84 Å². The molecule has 1 N–H and O–H groups in total. The Morgan fingerprint density at radius 1 is 1.29 bits per heavy atom. The number of benzene rings is 1. The minimum atomic E-state index is -5.68. The third-order valence-corrected chi connectivity index (χ3v) is 5.50. The predicted molar refractivity (Wildman–Crippen MR) is 77.9 cm³/mol. The van der Waals surface area contributed by atoms with Gasteiger partial charge < -0.3 is 14.8 Å². The van der Waals surface area contributed by atoms with Crippen LogP contribution in [0.1, 0.15) is 12.8 Å². The number of methoxy groups -OCH3 is 1. The van der Waals surface area contributed by atoms with Gasteiger partial charge in [0.1, 0.15) is 10.7 Å². The topological polar surface area (TPSA) is 64.6 Å². The van der Waals surface area contributed by atoms with Crippen LogP contribution in [-0.2, 0) is 19.3 Å². The maximum absolute atomic E-state index is 13.3. The molecule has 0 aliphatic carbocycles. The predicted octanol–water partition coefficient (Wildman–Crippen LogP) is 2.73. The normalized spacial score (nSPS) is 18.4. The van der Waals surface area contributed by atoms with Gasteiger partial charge in [-0.3, -0.25) is 0 Å². The van der Waals surface area contributed by atoms with Crippen molar-refractivity contribution in [2.45, 2.75) is 28.8 Å². The molecule has 0 amide bonds. The number of anilines is 1. The SMILES string of the molecule is COC1(CNc2ccc(F)cc2S(=O)(=O)C(F)(F)F)CCOCC1. The van der Waals surface area contributed by atoms with E-state index in [0.29, 0.717) is 32.1 Å². The van der Waals surface area contributed by atoms with Crippen LogP contribution in [0, 0.1) is 5.82 Å². The lowest BCUT2D eigenvalue weighted by Crippen LogP contribution is -2.44. The molecule has 0 atom stereocenters. The zero-order valence-electron chi connectivity index (χ0n) is 12.8. The van der Waals surface area contributed by atoms with Crippen LogP contribution in [0.5, 0.6) is 0 Å². The summed E-state index contributed by atoms with van der Waals surface area (Å²) in [5.41, 5.74) is -6.53. The summed E-state index contributed by atoms with van der Waals surface area (Å²) in [6, 6.07) is 2.21. The Kier molecular flexibility index (Phi) is 5.41. The summed E-state index contributed by atoms with van der Waals surface area (Å²) in [6.45, 7) is 0.915. The third kappa shape index (κ3) is 3.81. The van der Waals surface area contributed by atoms with E-state index in [1.807, 2.05) is 0 Å². The third-order valence-electron chi connectivity index (χ3n) is 3.98. The van der Waals surface area contributed by atoms with Crippen LogP contribution in [0.25, 0.3) is 0 Å². The Balaban J connectivity index is 2.31. The molecule has 5 nitrogen and oxygen atoms in total. The summed E-state index contributed by atoms with van der Waals surface area (Å²) >= 11 is 0.